The molecule has 0 aliphatic heterocycles. The standard InChI is InChI=1S/C26H21BrO7/c1-14-19-13-18(33-25(28)16-11-21(30-2)24(32-4)22(12-16)31-3)9-10-20(19)34-26(29)23(14)15-5-7-17(27)8-6-15/h5-13H,1-4H3. The average Bonchev–Trinajstić information content (AvgIpc) is 2.84. The van der Waals surface area contributed by atoms with Crippen LogP contribution in [0.15, 0.2) is 68.3 Å². The first-order valence-electron chi connectivity index (χ1n) is 10.2. The minimum absolute atomic E-state index is 0.224. The van der Waals surface area contributed by atoms with Crippen LogP contribution in [0.25, 0.3) is 22.1 Å². The molecule has 0 spiro atoms. The maximum atomic E-state index is 12.9. The number of carbonyl (C=O) groups excluding carboxylic acids is 1. The maximum Gasteiger partial charge on any atom is 0.344 e. The Kier molecular flexibility index (Phi) is 6.61. The van der Waals surface area contributed by atoms with Gasteiger partial charge in [-0.25, -0.2) is 9.59 Å². The number of fused-ring (bicyclic) bond motifs is 1. The van der Waals surface area contributed by atoms with Gasteiger partial charge >= 0.3 is 11.6 Å². The van der Waals surface area contributed by atoms with E-state index in [4.69, 9.17) is 23.4 Å². The minimum atomic E-state index is -0.609. The second kappa shape index (κ2) is 9.61. The first kappa shape index (κ1) is 23.4. The molecule has 1 heterocycles. The Morgan fingerprint density at radius 2 is 1.53 bits per heavy atom. The van der Waals surface area contributed by atoms with Gasteiger partial charge in [-0.05, 0) is 60.5 Å². The highest BCUT2D eigenvalue weighted by Gasteiger charge is 2.19. The third-order valence-corrected chi connectivity index (χ3v) is 5.91. The van der Waals surface area contributed by atoms with Gasteiger partial charge in [0.05, 0.1) is 32.5 Å². The Labute approximate surface area is 204 Å². The molecule has 174 valence electrons. The number of ether oxygens (including phenoxy) is 4. The van der Waals surface area contributed by atoms with Gasteiger partial charge in [-0.3, -0.25) is 0 Å². The summed E-state index contributed by atoms with van der Waals surface area (Å²) in [6.07, 6.45) is 0. The van der Waals surface area contributed by atoms with Crippen molar-refractivity contribution >= 4 is 32.9 Å². The summed E-state index contributed by atoms with van der Waals surface area (Å²) in [5, 5.41) is 0.660. The molecule has 0 fully saturated rings. The molecule has 0 amide bonds. The molecule has 4 aromatic rings. The predicted octanol–water partition coefficient (Wildman–Crippen LogP) is 5.78. The summed E-state index contributed by atoms with van der Waals surface area (Å²) in [5.74, 6) is 0.734. The molecule has 1 aromatic heterocycles. The van der Waals surface area contributed by atoms with E-state index in [-0.39, 0.29) is 5.56 Å². The van der Waals surface area contributed by atoms with Crippen LogP contribution in [0.4, 0.5) is 0 Å². The molecule has 0 bridgehead atoms. The fourth-order valence-electron chi connectivity index (χ4n) is 3.71. The number of esters is 1. The van der Waals surface area contributed by atoms with Crippen molar-refractivity contribution in [2.45, 2.75) is 6.92 Å². The molecule has 0 radical (unpaired) electrons. The average molecular weight is 525 g/mol. The van der Waals surface area contributed by atoms with E-state index >= 15 is 0 Å². The quantitative estimate of drug-likeness (QED) is 0.179. The number of carbonyl (C=O) groups is 1. The number of benzene rings is 3. The third kappa shape index (κ3) is 4.36. The Hall–Kier alpha value is -3.78. The second-order valence-corrected chi connectivity index (χ2v) is 8.27. The summed E-state index contributed by atoms with van der Waals surface area (Å²) >= 11 is 3.40. The van der Waals surface area contributed by atoms with Crippen LogP contribution in [0.5, 0.6) is 23.0 Å². The molecule has 0 aliphatic rings. The second-order valence-electron chi connectivity index (χ2n) is 7.36. The molecule has 3 aromatic carbocycles. The molecule has 7 nitrogen and oxygen atoms in total. The van der Waals surface area contributed by atoms with Gasteiger partial charge in [0.25, 0.3) is 0 Å². The number of rotatable bonds is 6. The van der Waals surface area contributed by atoms with Crippen molar-refractivity contribution in [2.24, 2.45) is 0 Å². The zero-order valence-electron chi connectivity index (χ0n) is 18.9. The van der Waals surface area contributed by atoms with Crippen LogP contribution in [0.2, 0.25) is 0 Å². The van der Waals surface area contributed by atoms with E-state index in [1.165, 1.54) is 33.5 Å². The summed E-state index contributed by atoms with van der Waals surface area (Å²) in [7, 11) is 4.42. The molecule has 0 N–H and O–H groups in total. The number of methoxy groups -OCH3 is 3. The van der Waals surface area contributed by atoms with Crippen molar-refractivity contribution in [2.75, 3.05) is 21.3 Å². The summed E-state index contributed by atoms with van der Waals surface area (Å²) < 4.78 is 28.0. The fraction of sp³-hybridized carbons (Fsp3) is 0.154. The highest BCUT2D eigenvalue weighted by molar-refractivity contribution is 9.10. The summed E-state index contributed by atoms with van der Waals surface area (Å²) in [6, 6.07) is 15.3. The van der Waals surface area contributed by atoms with E-state index in [1.54, 1.807) is 18.2 Å². The Bertz CT molecular complexity index is 1410. The van der Waals surface area contributed by atoms with Crippen molar-refractivity contribution in [3.8, 4) is 34.1 Å². The van der Waals surface area contributed by atoms with E-state index in [1.807, 2.05) is 31.2 Å². The highest BCUT2D eigenvalue weighted by Crippen LogP contribution is 2.38. The number of hydrogen-bond acceptors (Lipinski definition) is 7. The fourth-order valence-corrected chi connectivity index (χ4v) is 3.97. The van der Waals surface area contributed by atoms with Crippen LogP contribution in [-0.4, -0.2) is 27.3 Å². The smallest absolute Gasteiger partial charge is 0.344 e. The van der Waals surface area contributed by atoms with Crippen LogP contribution in [0.3, 0.4) is 0 Å². The summed E-state index contributed by atoms with van der Waals surface area (Å²) in [4.78, 5) is 25.6. The lowest BCUT2D eigenvalue weighted by Crippen LogP contribution is -2.10. The molecular weight excluding hydrogens is 504 g/mol. The van der Waals surface area contributed by atoms with Gasteiger partial charge in [0.15, 0.2) is 11.5 Å². The van der Waals surface area contributed by atoms with Gasteiger partial charge in [-0.2, -0.15) is 0 Å². The molecule has 0 atom stereocenters. The third-order valence-electron chi connectivity index (χ3n) is 5.38. The van der Waals surface area contributed by atoms with Crippen LogP contribution in [0.1, 0.15) is 15.9 Å². The number of aryl methyl sites for hydroxylation is 1. The topological polar surface area (TPSA) is 84.2 Å². The van der Waals surface area contributed by atoms with Gasteiger partial charge in [0.2, 0.25) is 5.75 Å². The lowest BCUT2D eigenvalue weighted by Gasteiger charge is -2.14. The molecule has 0 unspecified atom stereocenters. The molecule has 4 rings (SSSR count). The lowest BCUT2D eigenvalue weighted by atomic mass is 9.99. The van der Waals surface area contributed by atoms with Crippen LogP contribution in [-0.2, 0) is 0 Å². The molecule has 0 saturated carbocycles. The SMILES string of the molecule is COc1cc(C(=O)Oc2ccc3oc(=O)c(-c4ccc(Br)cc4)c(C)c3c2)cc(OC)c1OC. The van der Waals surface area contributed by atoms with E-state index < -0.39 is 11.6 Å². The van der Waals surface area contributed by atoms with E-state index in [9.17, 15) is 9.59 Å². The molecular formula is C26H21BrO7. The zero-order chi connectivity index (χ0) is 24.4. The molecule has 8 heteroatoms. The summed E-state index contributed by atoms with van der Waals surface area (Å²) in [5.41, 5.74) is 2.09. The normalized spacial score (nSPS) is 10.7. The number of hydrogen-bond donors (Lipinski definition) is 0. The first-order chi connectivity index (χ1) is 16.4. The first-order valence-corrected chi connectivity index (χ1v) is 11.0. The van der Waals surface area contributed by atoms with Crippen molar-refractivity contribution in [3.05, 3.63) is 80.6 Å². The maximum absolute atomic E-state index is 12.9. The monoisotopic (exact) mass is 524 g/mol. The largest absolute Gasteiger partial charge is 0.493 e. The van der Waals surface area contributed by atoms with Crippen LogP contribution >= 0.6 is 15.9 Å². The number of halogens is 1. The van der Waals surface area contributed by atoms with E-state index in [0.29, 0.717) is 39.5 Å². The predicted molar refractivity (Wildman–Crippen MR) is 131 cm³/mol. The van der Waals surface area contributed by atoms with Crippen molar-refractivity contribution < 1.29 is 28.2 Å². The molecule has 0 aliphatic carbocycles. The minimum Gasteiger partial charge on any atom is -0.493 e. The zero-order valence-corrected chi connectivity index (χ0v) is 20.5. The van der Waals surface area contributed by atoms with Crippen molar-refractivity contribution in [1.29, 1.82) is 0 Å². The summed E-state index contributed by atoms with van der Waals surface area (Å²) in [6.45, 7) is 1.83. The van der Waals surface area contributed by atoms with Crippen molar-refractivity contribution in [3.63, 3.8) is 0 Å². The van der Waals surface area contributed by atoms with Gasteiger partial charge in [0, 0.05) is 9.86 Å². The Balaban J connectivity index is 1.73. The highest BCUT2D eigenvalue weighted by atomic mass is 79.9. The van der Waals surface area contributed by atoms with E-state index in [2.05, 4.69) is 15.9 Å². The van der Waals surface area contributed by atoms with Crippen LogP contribution in [0, 0.1) is 6.92 Å². The van der Waals surface area contributed by atoms with Crippen LogP contribution < -0.4 is 24.6 Å². The van der Waals surface area contributed by atoms with Gasteiger partial charge in [0.1, 0.15) is 11.3 Å². The van der Waals surface area contributed by atoms with E-state index in [0.717, 1.165) is 15.6 Å². The molecule has 34 heavy (non-hydrogen) atoms. The Morgan fingerprint density at radius 1 is 0.882 bits per heavy atom. The lowest BCUT2D eigenvalue weighted by molar-refractivity contribution is 0.0734. The van der Waals surface area contributed by atoms with Gasteiger partial charge in [-0.1, -0.05) is 28.1 Å². The Morgan fingerprint density at radius 3 is 2.12 bits per heavy atom. The van der Waals surface area contributed by atoms with Gasteiger partial charge in [-0.15, -0.1) is 0 Å². The van der Waals surface area contributed by atoms with Gasteiger partial charge < -0.3 is 23.4 Å². The molecule has 0 saturated heterocycles. The van der Waals surface area contributed by atoms with Crippen molar-refractivity contribution in [1.82, 2.24) is 0 Å².